The molecule has 1 saturated heterocycles. The van der Waals surface area contributed by atoms with Gasteiger partial charge in [0.25, 0.3) is 0 Å². The van der Waals surface area contributed by atoms with Crippen molar-refractivity contribution in [1.29, 1.82) is 0 Å². The predicted octanol–water partition coefficient (Wildman–Crippen LogP) is 3.00. The molecule has 0 atom stereocenters. The third-order valence-electron chi connectivity index (χ3n) is 4.94. The Morgan fingerprint density at radius 1 is 1.21 bits per heavy atom. The monoisotopic (exact) mass is 330 g/mol. The van der Waals surface area contributed by atoms with Crippen molar-refractivity contribution < 1.29 is 0 Å². The van der Waals surface area contributed by atoms with Crippen molar-refractivity contribution in [3.05, 3.63) is 35.9 Å². The zero-order valence-electron chi connectivity index (χ0n) is 15.8. The zero-order chi connectivity index (χ0) is 17.4. The molecule has 1 heterocycles. The Morgan fingerprint density at radius 2 is 1.88 bits per heavy atom. The van der Waals surface area contributed by atoms with Crippen LogP contribution in [0.15, 0.2) is 35.3 Å². The fraction of sp³-hybridized carbons (Fsp3) is 0.650. The zero-order valence-corrected chi connectivity index (χ0v) is 15.8. The lowest BCUT2D eigenvalue weighted by molar-refractivity contribution is 0.206. The highest BCUT2D eigenvalue weighted by molar-refractivity contribution is 5.80. The van der Waals surface area contributed by atoms with Crippen LogP contribution in [0.3, 0.4) is 0 Å². The van der Waals surface area contributed by atoms with E-state index in [1.165, 1.54) is 44.5 Å². The van der Waals surface area contributed by atoms with Crippen molar-refractivity contribution in [2.75, 3.05) is 33.2 Å². The third-order valence-corrected chi connectivity index (χ3v) is 4.94. The highest BCUT2D eigenvalue weighted by atomic mass is 15.2. The van der Waals surface area contributed by atoms with Gasteiger partial charge in [0.1, 0.15) is 0 Å². The number of nitrogens with zero attached hydrogens (tertiary/aromatic N) is 2. The molecule has 2 rings (SSSR count). The number of guanidine groups is 1. The molecule has 2 N–H and O–H groups in total. The summed E-state index contributed by atoms with van der Waals surface area (Å²) in [6.07, 6.45) is 3.64. The summed E-state index contributed by atoms with van der Waals surface area (Å²) in [4.78, 5) is 6.98. The van der Waals surface area contributed by atoms with E-state index in [9.17, 15) is 0 Å². The Bertz CT molecular complexity index is 502. The molecule has 0 unspecified atom stereocenters. The van der Waals surface area contributed by atoms with Crippen molar-refractivity contribution in [2.24, 2.45) is 4.99 Å². The van der Waals surface area contributed by atoms with Crippen molar-refractivity contribution in [3.8, 4) is 0 Å². The van der Waals surface area contributed by atoms with Gasteiger partial charge in [0.05, 0.1) is 0 Å². The van der Waals surface area contributed by atoms with Gasteiger partial charge in [-0.15, -0.1) is 0 Å². The molecule has 134 valence electrons. The van der Waals surface area contributed by atoms with Crippen LogP contribution in [-0.2, 0) is 5.41 Å². The summed E-state index contributed by atoms with van der Waals surface area (Å²) in [5, 5.41) is 7.12. The summed E-state index contributed by atoms with van der Waals surface area (Å²) in [5.74, 6) is 0.924. The van der Waals surface area contributed by atoms with Gasteiger partial charge in [-0.1, -0.05) is 51.1 Å². The topological polar surface area (TPSA) is 39.7 Å². The number of hydrogen-bond donors (Lipinski definition) is 2. The fourth-order valence-electron chi connectivity index (χ4n) is 3.30. The lowest BCUT2D eigenvalue weighted by Gasteiger charge is -2.33. The Morgan fingerprint density at radius 3 is 2.46 bits per heavy atom. The molecule has 4 heteroatoms. The van der Waals surface area contributed by atoms with Gasteiger partial charge in [-0.25, -0.2) is 0 Å². The Kier molecular flexibility index (Phi) is 7.10. The van der Waals surface area contributed by atoms with E-state index in [0.717, 1.165) is 12.5 Å². The molecule has 1 aromatic carbocycles. The van der Waals surface area contributed by atoms with E-state index < -0.39 is 0 Å². The first-order valence-corrected chi connectivity index (χ1v) is 9.30. The maximum atomic E-state index is 4.42. The highest BCUT2D eigenvalue weighted by Crippen LogP contribution is 2.21. The average Bonchev–Trinajstić information content (AvgIpc) is 2.61. The van der Waals surface area contributed by atoms with Crippen LogP contribution < -0.4 is 10.6 Å². The van der Waals surface area contributed by atoms with Crippen LogP contribution in [0.1, 0.15) is 45.6 Å². The summed E-state index contributed by atoms with van der Waals surface area (Å²) >= 11 is 0. The van der Waals surface area contributed by atoms with E-state index in [4.69, 9.17) is 0 Å². The molecule has 1 aliphatic heterocycles. The summed E-state index contributed by atoms with van der Waals surface area (Å²) in [6, 6.07) is 11.2. The molecule has 1 aromatic rings. The van der Waals surface area contributed by atoms with Gasteiger partial charge in [0.2, 0.25) is 0 Å². The second kappa shape index (κ2) is 9.07. The molecule has 1 aliphatic rings. The smallest absolute Gasteiger partial charge is 0.191 e. The summed E-state index contributed by atoms with van der Waals surface area (Å²) in [6.45, 7) is 11.3. The van der Waals surface area contributed by atoms with Gasteiger partial charge >= 0.3 is 0 Å². The van der Waals surface area contributed by atoms with Crippen LogP contribution in [0.4, 0.5) is 0 Å². The summed E-state index contributed by atoms with van der Waals surface area (Å²) in [7, 11) is 1.86. The second-order valence-corrected chi connectivity index (χ2v) is 7.44. The van der Waals surface area contributed by atoms with Crippen LogP contribution in [0.25, 0.3) is 0 Å². The number of benzene rings is 1. The molecule has 0 saturated carbocycles. The molecular weight excluding hydrogens is 296 g/mol. The van der Waals surface area contributed by atoms with Crippen LogP contribution in [0, 0.1) is 0 Å². The molecule has 1 fully saturated rings. The van der Waals surface area contributed by atoms with E-state index in [2.05, 4.69) is 71.6 Å². The second-order valence-electron chi connectivity index (χ2n) is 7.44. The minimum absolute atomic E-state index is 0.0728. The van der Waals surface area contributed by atoms with Crippen LogP contribution >= 0.6 is 0 Å². The Hall–Kier alpha value is -1.55. The number of piperidine rings is 1. The van der Waals surface area contributed by atoms with Gasteiger partial charge in [0, 0.05) is 38.1 Å². The van der Waals surface area contributed by atoms with Gasteiger partial charge in [0.15, 0.2) is 5.96 Å². The van der Waals surface area contributed by atoms with E-state index >= 15 is 0 Å². The molecule has 0 bridgehead atoms. The lowest BCUT2D eigenvalue weighted by atomic mass is 9.85. The van der Waals surface area contributed by atoms with Crippen molar-refractivity contribution >= 4 is 5.96 Å². The van der Waals surface area contributed by atoms with Crippen molar-refractivity contribution in [3.63, 3.8) is 0 Å². The maximum Gasteiger partial charge on any atom is 0.191 e. The van der Waals surface area contributed by atoms with Gasteiger partial charge in [-0.3, -0.25) is 4.99 Å². The van der Waals surface area contributed by atoms with E-state index in [0.29, 0.717) is 6.04 Å². The standard InChI is InChI=1S/C20H34N4/c1-5-13-24-14-11-18(12-15-24)23-19(21-4)22-16-20(2,3)17-9-7-6-8-10-17/h6-10,18H,5,11-16H2,1-4H3,(H2,21,22,23). The van der Waals surface area contributed by atoms with Crippen LogP contribution in [0.2, 0.25) is 0 Å². The number of nitrogens with one attached hydrogen (secondary N) is 2. The van der Waals surface area contributed by atoms with Gasteiger partial charge in [-0.05, 0) is 31.4 Å². The molecule has 0 aliphatic carbocycles. The van der Waals surface area contributed by atoms with Crippen molar-refractivity contribution in [1.82, 2.24) is 15.5 Å². The SMILES string of the molecule is CCCN1CCC(NC(=NC)NCC(C)(C)c2ccccc2)CC1. The number of rotatable bonds is 6. The molecule has 4 nitrogen and oxygen atoms in total. The van der Waals surface area contributed by atoms with Gasteiger partial charge in [-0.2, -0.15) is 0 Å². The highest BCUT2D eigenvalue weighted by Gasteiger charge is 2.22. The molecule has 0 amide bonds. The molecule has 24 heavy (non-hydrogen) atoms. The average molecular weight is 331 g/mol. The van der Waals surface area contributed by atoms with E-state index in [-0.39, 0.29) is 5.41 Å². The minimum Gasteiger partial charge on any atom is -0.356 e. The van der Waals surface area contributed by atoms with Crippen LogP contribution in [0.5, 0.6) is 0 Å². The van der Waals surface area contributed by atoms with Gasteiger partial charge < -0.3 is 15.5 Å². The number of hydrogen-bond acceptors (Lipinski definition) is 2. The maximum absolute atomic E-state index is 4.42. The largest absolute Gasteiger partial charge is 0.356 e. The van der Waals surface area contributed by atoms with E-state index in [1.807, 2.05) is 7.05 Å². The van der Waals surface area contributed by atoms with Crippen molar-refractivity contribution in [2.45, 2.75) is 51.5 Å². The Balaban J connectivity index is 1.81. The number of aliphatic imine (C=N–C) groups is 1. The molecule has 0 spiro atoms. The molecular formula is C20H34N4. The third kappa shape index (κ3) is 5.52. The minimum atomic E-state index is 0.0728. The quantitative estimate of drug-likeness (QED) is 0.622. The summed E-state index contributed by atoms with van der Waals surface area (Å²) in [5.41, 5.74) is 1.42. The lowest BCUT2D eigenvalue weighted by Crippen LogP contribution is -2.50. The van der Waals surface area contributed by atoms with Crippen LogP contribution in [-0.4, -0.2) is 50.1 Å². The molecule has 0 aromatic heterocycles. The first kappa shape index (κ1) is 18.8. The molecule has 0 radical (unpaired) electrons. The number of likely N-dealkylation sites (tertiary alicyclic amines) is 1. The first-order valence-electron chi connectivity index (χ1n) is 9.30. The summed E-state index contributed by atoms with van der Waals surface area (Å²) < 4.78 is 0. The fourth-order valence-corrected chi connectivity index (χ4v) is 3.30. The van der Waals surface area contributed by atoms with E-state index in [1.54, 1.807) is 0 Å². The Labute approximate surface area is 147 Å². The first-order chi connectivity index (χ1) is 11.5. The predicted molar refractivity (Wildman–Crippen MR) is 104 cm³/mol. The normalized spacial score (nSPS) is 17.8.